The van der Waals surface area contributed by atoms with Crippen molar-refractivity contribution in [2.24, 2.45) is 0 Å². The molecule has 128 valence electrons. The quantitative estimate of drug-likeness (QED) is 0.670. The summed E-state index contributed by atoms with van der Waals surface area (Å²) in [6, 6.07) is 13.5. The van der Waals surface area contributed by atoms with Crippen molar-refractivity contribution in [2.45, 2.75) is 20.4 Å². The molecule has 0 N–H and O–H groups in total. The van der Waals surface area contributed by atoms with Gasteiger partial charge in [0.2, 0.25) is 0 Å². The third kappa shape index (κ3) is 2.48. The number of carbonyl (C=O) groups excluding carboxylic acids is 1. The summed E-state index contributed by atoms with van der Waals surface area (Å²) in [4.78, 5) is 15.2. The van der Waals surface area contributed by atoms with Gasteiger partial charge in [-0.05, 0) is 49.7 Å². The zero-order chi connectivity index (χ0) is 17.6. The number of hydrogen-bond acceptors (Lipinski definition) is 2. The highest BCUT2D eigenvalue weighted by Crippen LogP contribution is 2.34. The van der Waals surface area contributed by atoms with Gasteiger partial charge in [0.15, 0.2) is 0 Å². The Morgan fingerprint density at radius 2 is 2.04 bits per heavy atom. The molecule has 1 amide bonds. The summed E-state index contributed by atoms with van der Waals surface area (Å²) in [7, 11) is 0. The van der Waals surface area contributed by atoms with Gasteiger partial charge in [-0.2, -0.15) is 0 Å². The second-order valence-electron chi connectivity index (χ2n) is 6.15. The third-order valence-electron chi connectivity index (χ3n) is 4.77. The number of rotatable bonds is 2. The van der Waals surface area contributed by atoms with Crippen molar-refractivity contribution in [2.75, 3.05) is 18.1 Å². The number of fused-ring (bicyclic) bond motifs is 2. The predicted octanol–water partition coefficient (Wildman–Crippen LogP) is 4.66. The first-order valence-corrected chi connectivity index (χ1v) is 8.81. The first-order valence-electron chi connectivity index (χ1n) is 8.44. The number of amides is 1. The minimum Gasteiger partial charge on any atom is -0.490 e. The maximum Gasteiger partial charge on any atom is 0.275 e. The van der Waals surface area contributed by atoms with Crippen LogP contribution in [0.4, 0.5) is 5.69 Å². The van der Waals surface area contributed by atoms with Gasteiger partial charge in [-0.3, -0.25) is 4.79 Å². The first-order chi connectivity index (χ1) is 12.1. The predicted molar refractivity (Wildman–Crippen MR) is 101 cm³/mol. The molecule has 0 bridgehead atoms. The van der Waals surface area contributed by atoms with Gasteiger partial charge < -0.3 is 14.2 Å². The van der Waals surface area contributed by atoms with Crippen molar-refractivity contribution in [3.8, 4) is 5.75 Å². The van der Waals surface area contributed by atoms with E-state index in [0.29, 0.717) is 18.2 Å². The Bertz CT molecular complexity index is 977. The largest absolute Gasteiger partial charge is 0.490 e. The molecule has 0 spiro atoms. The number of aromatic nitrogens is 1. The van der Waals surface area contributed by atoms with Crippen LogP contribution in [0.3, 0.4) is 0 Å². The van der Waals surface area contributed by atoms with Crippen LogP contribution in [0.25, 0.3) is 10.9 Å². The average Bonchev–Trinajstić information content (AvgIpc) is 2.92. The van der Waals surface area contributed by atoms with Crippen LogP contribution < -0.4 is 9.64 Å². The maximum absolute atomic E-state index is 13.4. The van der Waals surface area contributed by atoms with Crippen molar-refractivity contribution in [3.63, 3.8) is 0 Å². The lowest BCUT2D eigenvalue weighted by Crippen LogP contribution is -2.39. The molecule has 0 saturated heterocycles. The zero-order valence-electron chi connectivity index (χ0n) is 14.3. The molecule has 2 aromatic carbocycles. The molecular weight excluding hydrogens is 336 g/mol. The molecule has 25 heavy (non-hydrogen) atoms. The Hall–Kier alpha value is -2.46. The fourth-order valence-corrected chi connectivity index (χ4v) is 3.78. The highest BCUT2D eigenvalue weighted by molar-refractivity contribution is 6.31. The van der Waals surface area contributed by atoms with Crippen LogP contribution in [0.15, 0.2) is 42.5 Å². The van der Waals surface area contributed by atoms with Crippen LogP contribution in [0.5, 0.6) is 5.75 Å². The van der Waals surface area contributed by atoms with Crippen LogP contribution in [-0.2, 0) is 6.54 Å². The van der Waals surface area contributed by atoms with E-state index < -0.39 is 0 Å². The number of nitrogens with zero attached hydrogens (tertiary/aromatic N) is 2. The molecule has 3 aromatic rings. The van der Waals surface area contributed by atoms with E-state index in [1.165, 1.54) is 0 Å². The number of halogens is 1. The Morgan fingerprint density at radius 1 is 1.24 bits per heavy atom. The molecule has 0 saturated carbocycles. The van der Waals surface area contributed by atoms with Gasteiger partial charge in [0.05, 0.1) is 12.2 Å². The van der Waals surface area contributed by atoms with Crippen LogP contribution in [0.1, 0.15) is 23.0 Å². The summed E-state index contributed by atoms with van der Waals surface area (Å²) >= 11 is 6.17. The second kappa shape index (κ2) is 6.12. The summed E-state index contributed by atoms with van der Waals surface area (Å²) in [6.07, 6.45) is 0. The lowest BCUT2D eigenvalue weighted by Gasteiger charge is -2.30. The number of carbonyl (C=O) groups is 1. The molecule has 1 aliphatic heterocycles. The van der Waals surface area contributed by atoms with Crippen molar-refractivity contribution < 1.29 is 9.53 Å². The minimum atomic E-state index is 0.00224. The first kappa shape index (κ1) is 16.0. The molecular formula is C20H19ClN2O2. The zero-order valence-corrected chi connectivity index (χ0v) is 15.0. The van der Waals surface area contributed by atoms with Gasteiger partial charge in [-0.1, -0.05) is 23.7 Å². The molecule has 4 nitrogen and oxygen atoms in total. The van der Waals surface area contributed by atoms with E-state index in [0.717, 1.165) is 40.1 Å². The van der Waals surface area contributed by atoms with E-state index in [9.17, 15) is 4.79 Å². The smallest absolute Gasteiger partial charge is 0.275 e. The summed E-state index contributed by atoms with van der Waals surface area (Å²) in [5.41, 5.74) is 3.54. The molecule has 2 heterocycles. The maximum atomic E-state index is 13.4. The number of ether oxygens (including phenoxy) is 1. The lowest BCUT2D eigenvalue weighted by atomic mass is 10.1. The van der Waals surface area contributed by atoms with Crippen LogP contribution in [0, 0.1) is 6.92 Å². The number of benzene rings is 2. The monoisotopic (exact) mass is 354 g/mol. The molecule has 0 aliphatic carbocycles. The van der Waals surface area contributed by atoms with Gasteiger partial charge in [-0.25, -0.2) is 0 Å². The van der Waals surface area contributed by atoms with E-state index in [1.807, 2.05) is 54.3 Å². The van der Waals surface area contributed by atoms with Gasteiger partial charge in [-0.15, -0.1) is 0 Å². The molecule has 1 aromatic heterocycles. The van der Waals surface area contributed by atoms with Crippen molar-refractivity contribution in [1.82, 2.24) is 4.57 Å². The molecule has 0 radical (unpaired) electrons. The highest BCUT2D eigenvalue weighted by atomic mass is 35.5. The van der Waals surface area contributed by atoms with E-state index in [1.54, 1.807) is 0 Å². The molecule has 5 heteroatoms. The SMILES string of the molecule is CCn1c(C(=O)N2CCOc3ccccc32)c(C)c2cc(Cl)ccc21. The molecule has 0 atom stereocenters. The Labute approximate surface area is 151 Å². The molecule has 0 unspecified atom stereocenters. The number of para-hydroxylation sites is 2. The Morgan fingerprint density at radius 3 is 2.84 bits per heavy atom. The lowest BCUT2D eigenvalue weighted by molar-refractivity contribution is 0.0967. The van der Waals surface area contributed by atoms with Crippen molar-refractivity contribution in [1.29, 1.82) is 0 Å². The summed E-state index contributed by atoms with van der Waals surface area (Å²) in [5, 5.41) is 1.71. The molecule has 1 aliphatic rings. The van der Waals surface area contributed by atoms with E-state index in [-0.39, 0.29) is 5.91 Å². The standard InChI is InChI=1S/C20H19ClN2O2/c1-3-22-16-9-8-14(21)12-15(16)13(2)19(22)20(24)23-10-11-25-18-7-5-4-6-17(18)23/h4-9,12H,3,10-11H2,1-2H3. The summed E-state index contributed by atoms with van der Waals surface area (Å²) in [5.74, 6) is 0.754. The van der Waals surface area contributed by atoms with Crippen LogP contribution in [-0.4, -0.2) is 23.6 Å². The van der Waals surface area contributed by atoms with Crippen molar-refractivity contribution in [3.05, 3.63) is 58.7 Å². The van der Waals surface area contributed by atoms with Crippen LogP contribution in [0.2, 0.25) is 5.02 Å². The van der Waals surface area contributed by atoms with Gasteiger partial charge >= 0.3 is 0 Å². The highest BCUT2D eigenvalue weighted by Gasteiger charge is 2.29. The number of anilines is 1. The fourth-order valence-electron chi connectivity index (χ4n) is 3.61. The van der Waals surface area contributed by atoms with Gasteiger partial charge in [0, 0.05) is 22.5 Å². The van der Waals surface area contributed by atoms with Crippen LogP contribution >= 0.6 is 11.6 Å². The molecule has 0 fully saturated rings. The molecule has 4 rings (SSSR count). The van der Waals surface area contributed by atoms with Crippen molar-refractivity contribution >= 4 is 34.1 Å². The second-order valence-corrected chi connectivity index (χ2v) is 6.59. The Balaban J connectivity index is 1.88. The van der Waals surface area contributed by atoms with Gasteiger partial charge in [0.1, 0.15) is 18.1 Å². The van der Waals surface area contributed by atoms with E-state index in [4.69, 9.17) is 16.3 Å². The number of hydrogen-bond donors (Lipinski definition) is 0. The number of aryl methyl sites for hydroxylation is 2. The minimum absolute atomic E-state index is 0.00224. The Kier molecular flexibility index (Phi) is 3.92. The fraction of sp³-hybridized carbons (Fsp3) is 0.250. The summed E-state index contributed by atoms with van der Waals surface area (Å²) < 4.78 is 7.75. The van der Waals surface area contributed by atoms with E-state index in [2.05, 4.69) is 11.5 Å². The van der Waals surface area contributed by atoms with Gasteiger partial charge in [0.25, 0.3) is 5.91 Å². The summed E-state index contributed by atoms with van der Waals surface area (Å²) in [6.45, 7) is 5.81. The third-order valence-corrected chi connectivity index (χ3v) is 5.01. The van der Waals surface area contributed by atoms with E-state index >= 15 is 0 Å². The normalized spacial score (nSPS) is 13.6. The topological polar surface area (TPSA) is 34.5 Å². The average molecular weight is 355 g/mol.